The minimum atomic E-state index is -1.53. The molecular weight excluding hydrogens is 725 g/mol. The number of benzene rings is 2. The van der Waals surface area contributed by atoms with Crippen molar-refractivity contribution in [2.45, 2.75) is 92.3 Å². The van der Waals surface area contributed by atoms with E-state index in [9.17, 15) is 9.90 Å². The molecular formula is C37H47IrN2O2Si-. The van der Waals surface area contributed by atoms with Crippen molar-refractivity contribution in [3.63, 3.8) is 0 Å². The number of hydrogen-bond acceptors (Lipinski definition) is 4. The summed E-state index contributed by atoms with van der Waals surface area (Å²) in [6, 6.07) is 18.9. The molecule has 2 aromatic heterocycles. The van der Waals surface area contributed by atoms with E-state index in [1.165, 1.54) is 33.3 Å². The molecule has 4 aromatic rings. The third-order valence-corrected chi connectivity index (χ3v) is 10.7. The summed E-state index contributed by atoms with van der Waals surface area (Å²) in [6.45, 7) is 19.8. The van der Waals surface area contributed by atoms with Gasteiger partial charge in [0.1, 0.15) is 8.07 Å². The van der Waals surface area contributed by atoms with Crippen molar-refractivity contribution >= 4 is 40.8 Å². The molecule has 0 aliphatic heterocycles. The van der Waals surface area contributed by atoms with Gasteiger partial charge in [-0.3, -0.25) is 14.8 Å². The van der Waals surface area contributed by atoms with Gasteiger partial charge in [-0.05, 0) is 54.2 Å². The first-order valence-corrected chi connectivity index (χ1v) is 19.1. The van der Waals surface area contributed by atoms with Gasteiger partial charge in [0.2, 0.25) is 0 Å². The largest absolute Gasteiger partial charge is 0.512 e. The number of aliphatic hydroxyl groups excluding tert-OH is 1. The second-order valence-electron chi connectivity index (χ2n) is 13.1. The zero-order valence-electron chi connectivity index (χ0n) is 27.3. The molecule has 0 bridgehead atoms. The van der Waals surface area contributed by atoms with Crippen molar-refractivity contribution in [2.24, 2.45) is 11.8 Å². The molecule has 1 aliphatic carbocycles. The van der Waals surface area contributed by atoms with Crippen LogP contribution in [0, 0.1) is 17.9 Å². The summed E-state index contributed by atoms with van der Waals surface area (Å²) in [5, 5.41) is 14.6. The molecule has 5 rings (SSSR count). The monoisotopic (exact) mass is 772 g/mol. The molecule has 1 radical (unpaired) electrons. The number of carbonyl (C=O) groups excluding carboxylic acids is 1. The molecule has 0 saturated carbocycles. The van der Waals surface area contributed by atoms with E-state index in [1.807, 2.05) is 33.9 Å². The predicted molar refractivity (Wildman–Crippen MR) is 180 cm³/mol. The fourth-order valence-corrected chi connectivity index (χ4v) is 7.05. The van der Waals surface area contributed by atoms with Crippen LogP contribution in [-0.2, 0) is 30.3 Å². The van der Waals surface area contributed by atoms with E-state index in [1.54, 1.807) is 0 Å². The summed E-state index contributed by atoms with van der Waals surface area (Å²) in [6.07, 6.45) is 6.80. The van der Waals surface area contributed by atoms with Crippen LogP contribution in [0.3, 0.4) is 0 Å². The second-order valence-corrected chi connectivity index (χ2v) is 18.1. The number of allylic oxidation sites excluding steroid dienone is 2. The number of carbonyl (C=O) groups is 1. The van der Waals surface area contributed by atoms with Crippen LogP contribution in [0.15, 0.2) is 60.5 Å². The minimum Gasteiger partial charge on any atom is -0.512 e. The molecule has 43 heavy (non-hydrogen) atoms. The molecule has 0 spiro atoms. The number of aromatic nitrogens is 2. The summed E-state index contributed by atoms with van der Waals surface area (Å²) in [4.78, 5) is 21.6. The Balaban J connectivity index is 0.000000274. The van der Waals surface area contributed by atoms with Gasteiger partial charge in [0, 0.05) is 55.2 Å². The molecule has 0 atom stereocenters. The van der Waals surface area contributed by atoms with E-state index in [4.69, 9.17) is 9.97 Å². The van der Waals surface area contributed by atoms with Crippen molar-refractivity contribution in [3.8, 4) is 11.3 Å². The maximum absolute atomic E-state index is 11.7. The molecule has 1 N–H and O–H groups in total. The summed E-state index contributed by atoms with van der Waals surface area (Å²) in [7, 11) is -1.53. The minimum absolute atomic E-state index is 0. The van der Waals surface area contributed by atoms with Gasteiger partial charge in [-0.25, -0.2) is 0 Å². The van der Waals surface area contributed by atoms with Gasteiger partial charge in [0.25, 0.3) is 0 Å². The summed E-state index contributed by atoms with van der Waals surface area (Å²) < 4.78 is 0. The van der Waals surface area contributed by atoms with E-state index in [0.717, 1.165) is 47.8 Å². The van der Waals surface area contributed by atoms with Crippen molar-refractivity contribution < 1.29 is 30.0 Å². The number of nitrogens with zero attached hydrogens (tertiary/aromatic N) is 2. The third-order valence-electron chi connectivity index (χ3n) is 8.94. The normalized spacial score (nSPS) is 13.9. The average molecular weight is 772 g/mol. The van der Waals surface area contributed by atoms with Crippen molar-refractivity contribution in [2.75, 3.05) is 0 Å². The van der Waals surface area contributed by atoms with Gasteiger partial charge in [-0.1, -0.05) is 95.9 Å². The number of hydrogen-bond donors (Lipinski definition) is 1. The maximum Gasteiger partial charge on any atom is 0.162 e. The Kier molecular flexibility index (Phi) is 11.3. The Morgan fingerprint density at radius 3 is 2.19 bits per heavy atom. The van der Waals surface area contributed by atoms with Crippen LogP contribution < -0.4 is 5.32 Å². The number of rotatable bonds is 8. The zero-order valence-corrected chi connectivity index (χ0v) is 30.7. The van der Waals surface area contributed by atoms with Crippen molar-refractivity contribution in [3.05, 3.63) is 77.7 Å². The first-order chi connectivity index (χ1) is 19.9. The van der Waals surface area contributed by atoms with E-state index in [0.29, 0.717) is 0 Å². The Morgan fingerprint density at radius 1 is 0.953 bits per heavy atom. The molecule has 231 valence electrons. The molecule has 0 unspecified atom stereocenters. The number of ketones is 1. The Morgan fingerprint density at radius 2 is 1.58 bits per heavy atom. The average Bonchev–Trinajstić information content (AvgIpc) is 2.96. The fourth-order valence-electron chi connectivity index (χ4n) is 6.02. The standard InChI is InChI=1S/C24H23N2Si.C13H24O2.Ir/c1-24(2)18-13-16-9-7-6-8-15(16)12-17(18)23-22-19(24)14-21(27(3,4)5)26-20(22)10-11-25-23;1-5-10(6-2)12(14)9-13(15)11(7-3)8-4;/h6-11,13-14H,1-5H3;9-11,14H,5-8H2,1-4H3;/q-1;;/b;12-9-;. The van der Waals surface area contributed by atoms with Crippen molar-refractivity contribution in [1.82, 2.24) is 9.97 Å². The van der Waals surface area contributed by atoms with E-state index in [-0.39, 0.29) is 48.9 Å². The molecule has 0 fully saturated rings. The number of aliphatic hydroxyl groups is 1. The van der Waals surface area contributed by atoms with Crippen LogP contribution in [0.2, 0.25) is 19.6 Å². The second kappa shape index (κ2) is 14.0. The smallest absolute Gasteiger partial charge is 0.162 e. The molecule has 0 saturated heterocycles. The predicted octanol–water partition coefficient (Wildman–Crippen LogP) is 9.30. The summed E-state index contributed by atoms with van der Waals surface area (Å²) in [5.74, 6) is 0.547. The first-order valence-electron chi connectivity index (χ1n) is 15.6. The van der Waals surface area contributed by atoms with Gasteiger partial charge in [0.05, 0.1) is 11.3 Å². The van der Waals surface area contributed by atoms with E-state index in [2.05, 4.69) is 82.0 Å². The van der Waals surface area contributed by atoms with Gasteiger partial charge in [0.15, 0.2) is 5.78 Å². The van der Waals surface area contributed by atoms with Crippen LogP contribution in [0.4, 0.5) is 0 Å². The van der Waals surface area contributed by atoms with Crippen LogP contribution in [-0.4, -0.2) is 28.9 Å². The molecule has 6 heteroatoms. The molecule has 2 aromatic carbocycles. The summed E-state index contributed by atoms with van der Waals surface area (Å²) >= 11 is 0. The van der Waals surface area contributed by atoms with Crippen LogP contribution in [0.25, 0.3) is 32.9 Å². The van der Waals surface area contributed by atoms with Gasteiger partial charge >= 0.3 is 0 Å². The molecule has 2 heterocycles. The van der Waals surface area contributed by atoms with E-state index < -0.39 is 8.07 Å². The van der Waals surface area contributed by atoms with Gasteiger partial charge in [-0.2, -0.15) is 0 Å². The van der Waals surface area contributed by atoms with Crippen LogP contribution in [0.5, 0.6) is 0 Å². The number of fused-ring (bicyclic) bond motifs is 3. The third kappa shape index (κ3) is 7.03. The Bertz CT molecular complexity index is 1630. The zero-order chi connectivity index (χ0) is 30.8. The summed E-state index contributed by atoms with van der Waals surface area (Å²) in [5.41, 5.74) is 5.76. The van der Waals surface area contributed by atoms with Crippen molar-refractivity contribution in [1.29, 1.82) is 0 Å². The van der Waals surface area contributed by atoms with Gasteiger partial charge in [-0.15, -0.1) is 23.6 Å². The topological polar surface area (TPSA) is 63.1 Å². The molecule has 0 amide bonds. The van der Waals surface area contributed by atoms with Crippen LogP contribution >= 0.6 is 0 Å². The Hall–Kier alpha value is -2.66. The van der Waals surface area contributed by atoms with Gasteiger partial charge < -0.3 is 5.11 Å². The first kappa shape index (κ1) is 34.8. The number of pyridine rings is 2. The Labute approximate surface area is 272 Å². The maximum atomic E-state index is 11.7. The quantitative estimate of drug-likeness (QED) is 0.0840. The molecule has 4 nitrogen and oxygen atoms in total. The molecule has 1 aliphatic rings. The van der Waals surface area contributed by atoms with E-state index >= 15 is 0 Å². The SMILES string of the molecule is CC1(C)c2cc3ccccc3[c-]c2-c2nccc3nc([Si](C)(C)C)cc1c23.CCC(CC)C(=O)/C=C(\O)C(CC)CC.[Ir]. The fraction of sp³-hybridized carbons (Fsp3) is 0.432. The van der Waals surface area contributed by atoms with Crippen LogP contribution in [0.1, 0.15) is 78.4 Å².